The number of rotatable bonds is 5. The fraction of sp³-hybridized carbons (Fsp3) is 0.235. The van der Waals surface area contributed by atoms with Crippen LogP contribution in [0, 0.1) is 6.92 Å². The Balaban J connectivity index is 1.76. The minimum Gasteiger partial charge on any atom is -0.497 e. The van der Waals surface area contributed by atoms with Gasteiger partial charge in [0.25, 0.3) is 0 Å². The predicted octanol–water partition coefficient (Wildman–Crippen LogP) is 3.61. The molecule has 0 spiro atoms. The lowest BCUT2D eigenvalue weighted by atomic mass is 10.1. The Labute approximate surface area is 129 Å². The highest BCUT2D eigenvalue weighted by Gasteiger charge is 2.09. The third-order valence-corrected chi connectivity index (χ3v) is 3.59. The summed E-state index contributed by atoms with van der Waals surface area (Å²) in [4.78, 5) is 4.44. The maximum absolute atomic E-state index is 5.55. The number of imidazole rings is 1. The van der Waals surface area contributed by atoms with Crippen LogP contribution in [-0.2, 0) is 13.6 Å². The van der Waals surface area contributed by atoms with Crippen LogP contribution in [-0.4, -0.2) is 16.7 Å². The van der Waals surface area contributed by atoms with Gasteiger partial charge < -0.3 is 19.0 Å². The van der Waals surface area contributed by atoms with E-state index in [9.17, 15) is 0 Å². The number of furan rings is 1. The number of aromatic nitrogens is 2. The van der Waals surface area contributed by atoms with E-state index in [4.69, 9.17) is 9.15 Å². The Bertz CT molecular complexity index is 757. The molecule has 0 unspecified atom stereocenters. The smallest absolute Gasteiger partial charge is 0.203 e. The summed E-state index contributed by atoms with van der Waals surface area (Å²) in [6, 6.07) is 11.9. The summed E-state index contributed by atoms with van der Waals surface area (Å²) >= 11 is 0. The lowest BCUT2D eigenvalue weighted by Crippen LogP contribution is -2.05. The van der Waals surface area contributed by atoms with Gasteiger partial charge in [0.1, 0.15) is 17.3 Å². The van der Waals surface area contributed by atoms with E-state index in [-0.39, 0.29) is 0 Å². The van der Waals surface area contributed by atoms with Crippen molar-refractivity contribution < 1.29 is 9.15 Å². The average Bonchev–Trinajstić information content (AvgIpc) is 3.11. The van der Waals surface area contributed by atoms with Gasteiger partial charge in [-0.1, -0.05) is 0 Å². The lowest BCUT2D eigenvalue weighted by Gasteiger charge is -2.08. The van der Waals surface area contributed by atoms with E-state index in [0.717, 1.165) is 34.5 Å². The van der Waals surface area contributed by atoms with E-state index >= 15 is 0 Å². The van der Waals surface area contributed by atoms with Crippen molar-refractivity contribution in [3.8, 4) is 17.0 Å². The Kier molecular flexibility index (Phi) is 3.87. The molecule has 0 aliphatic heterocycles. The molecule has 0 aliphatic rings. The second-order valence-electron chi connectivity index (χ2n) is 5.12. The molecular formula is C17H19N3O2. The van der Waals surface area contributed by atoms with Crippen LogP contribution in [0.15, 0.2) is 47.0 Å². The zero-order chi connectivity index (χ0) is 15.5. The zero-order valence-corrected chi connectivity index (χ0v) is 13.0. The SMILES string of the molecule is COc1ccc(-c2cnc(NCc3ccc(C)o3)n2C)cc1. The molecule has 0 saturated carbocycles. The van der Waals surface area contributed by atoms with Gasteiger partial charge in [0.2, 0.25) is 5.95 Å². The molecule has 0 amide bonds. The molecule has 5 nitrogen and oxygen atoms in total. The summed E-state index contributed by atoms with van der Waals surface area (Å²) in [5, 5.41) is 3.29. The molecule has 0 atom stereocenters. The Morgan fingerprint density at radius 3 is 2.59 bits per heavy atom. The molecule has 2 heterocycles. The van der Waals surface area contributed by atoms with Crippen molar-refractivity contribution in [2.24, 2.45) is 7.05 Å². The maximum atomic E-state index is 5.55. The van der Waals surface area contributed by atoms with Gasteiger partial charge in [-0.3, -0.25) is 0 Å². The Morgan fingerprint density at radius 2 is 1.95 bits per heavy atom. The largest absolute Gasteiger partial charge is 0.497 e. The van der Waals surface area contributed by atoms with E-state index in [0.29, 0.717) is 6.54 Å². The highest BCUT2D eigenvalue weighted by atomic mass is 16.5. The summed E-state index contributed by atoms with van der Waals surface area (Å²) in [6.07, 6.45) is 1.86. The number of hydrogen-bond acceptors (Lipinski definition) is 4. The van der Waals surface area contributed by atoms with Crippen LogP contribution in [0.1, 0.15) is 11.5 Å². The van der Waals surface area contributed by atoms with Crippen molar-refractivity contribution in [2.75, 3.05) is 12.4 Å². The number of aryl methyl sites for hydroxylation is 1. The highest BCUT2D eigenvalue weighted by molar-refractivity contribution is 5.62. The van der Waals surface area contributed by atoms with Crippen LogP contribution < -0.4 is 10.1 Å². The van der Waals surface area contributed by atoms with Gasteiger partial charge in [-0.05, 0) is 43.3 Å². The molecule has 0 aliphatic carbocycles. The maximum Gasteiger partial charge on any atom is 0.203 e. The number of nitrogens with one attached hydrogen (secondary N) is 1. The molecule has 0 fully saturated rings. The number of hydrogen-bond donors (Lipinski definition) is 1. The van der Waals surface area contributed by atoms with Gasteiger partial charge in [0, 0.05) is 12.6 Å². The van der Waals surface area contributed by atoms with Crippen LogP contribution in [0.25, 0.3) is 11.3 Å². The third-order valence-electron chi connectivity index (χ3n) is 3.59. The molecule has 2 aromatic heterocycles. The van der Waals surface area contributed by atoms with E-state index in [1.54, 1.807) is 7.11 Å². The van der Waals surface area contributed by atoms with Gasteiger partial charge >= 0.3 is 0 Å². The molecule has 0 saturated heterocycles. The Morgan fingerprint density at radius 1 is 1.18 bits per heavy atom. The summed E-state index contributed by atoms with van der Waals surface area (Å²) in [7, 11) is 3.65. The Hall–Kier alpha value is -2.69. The van der Waals surface area contributed by atoms with E-state index < -0.39 is 0 Å². The average molecular weight is 297 g/mol. The molecule has 114 valence electrons. The fourth-order valence-corrected chi connectivity index (χ4v) is 2.35. The van der Waals surface area contributed by atoms with Crippen molar-refractivity contribution in [2.45, 2.75) is 13.5 Å². The summed E-state index contributed by atoms with van der Waals surface area (Å²) in [5.74, 6) is 3.46. The van der Waals surface area contributed by atoms with Crippen LogP contribution in [0.3, 0.4) is 0 Å². The molecule has 22 heavy (non-hydrogen) atoms. The predicted molar refractivity (Wildman–Crippen MR) is 86.0 cm³/mol. The molecular weight excluding hydrogens is 278 g/mol. The van der Waals surface area contributed by atoms with Gasteiger partial charge in [-0.15, -0.1) is 0 Å². The molecule has 1 N–H and O–H groups in total. The number of ether oxygens (including phenoxy) is 1. The molecule has 5 heteroatoms. The van der Waals surface area contributed by atoms with Gasteiger partial charge in [0.15, 0.2) is 0 Å². The first-order chi connectivity index (χ1) is 10.7. The van der Waals surface area contributed by atoms with E-state index in [2.05, 4.69) is 10.3 Å². The topological polar surface area (TPSA) is 52.2 Å². The minimum atomic E-state index is 0.612. The zero-order valence-electron chi connectivity index (χ0n) is 13.0. The summed E-state index contributed by atoms with van der Waals surface area (Å²) in [6.45, 7) is 2.55. The standard InChI is InChI=1S/C17H19N3O2/c1-12-4-7-15(22-12)10-18-17-19-11-16(20(17)2)13-5-8-14(21-3)9-6-13/h4-9,11H,10H2,1-3H3,(H,18,19). The van der Waals surface area contributed by atoms with Crippen molar-refractivity contribution in [1.82, 2.24) is 9.55 Å². The molecule has 0 radical (unpaired) electrons. The molecule has 1 aromatic carbocycles. The summed E-state index contributed by atoms with van der Waals surface area (Å²) in [5.41, 5.74) is 2.14. The molecule has 3 aromatic rings. The van der Waals surface area contributed by atoms with Crippen LogP contribution in [0.5, 0.6) is 5.75 Å². The molecule has 0 bridgehead atoms. The quantitative estimate of drug-likeness (QED) is 0.781. The van der Waals surface area contributed by atoms with Gasteiger partial charge in [-0.2, -0.15) is 0 Å². The number of methoxy groups -OCH3 is 1. The second kappa shape index (κ2) is 5.97. The van der Waals surface area contributed by atoms with Gasteiger partial charge in [0.05, 0.1) is 25.5 Å². The number of anilines is 1. The number of nitrogens with zero attached hydrogens (tertiary/aromatic N) is 2. The van der Waals surface area contributed by atoms with Crippen molar-refractivity contribution in [1.29, 1.82) is 0 Å². The van der Waals surface area contributed by atoms with Crippen LogP contribution >= 0.6 is 0 Å². The summed E-state index contributed by atoms with van der Waals surface area (Å²) < 4.78 is 12.8. The van der Waals surface area contributed by atoms with Crippen LogP contribution in [0.4, 0.5) is 5.95 Å². The first-order valence-electron chi connectivity index (χ1n) is 7.12. The molecule has 3 rings (SSSR count). The van der Waals surface area contributed by atoms with Crippen LogP contribution in [0.2, 0.25) is 0 Å². The third kappa shape index (κ3) is 2.83. The van der Waals surface area contributed by atoms with Crippen molar-refractivity contribution in [3.05, 3.63) is 54.1 Å². The minimum absolute atomic E-state index is 0.612. The number of benzene rings is 1. The fourth-order valence-electron chi connectivity index (χ4n) is 2.35. The van der Waals surface area contributed by atoms with Crippen molar-refractivity contribution >= 4 is 5.95 Å². The monoisotopic (exact) mass is 297 g/mol. The van der Waals surface area contributed by atoms with Gasteiger partial charge in [-0.25, -0.2) is 4.98 Å². The normalized spacial score (nSPS) is 10.7. The second-order valence-corrected chi connectivity index (χ2v) is 5.12. The lowest BCUT2D eigenvalue weighted by molar-refractivity contribution is 0.415. The van der Waals surface area contributed by atoms with E-state index in [1.165, 1.54) is 0 Å². The first-order valence-corrected chi connectivity index (χ1v) is 7.12. The highest BCUT2D eigenvalue weighted by Crippen LogP contribution is 2.24. The van der Waals surface area contributed by atoms with Crippen molar-refractivity contribution in [3.63, 3.8) is 0 Å². The van der Waals surface area contributed by atoms with E-state index in [1.807, 2.05) is 61.1 Å². The first kappa shape index (κ1) is 14.3.